The number of nitrogens with one attached hydrogen (secondary N) is 1. The summed E-state index contributed by atoms with van der Waals surface area (Å²) in [6.07, 6.45) is 2.15. The van der Waals surface area contributed by atoms with Gasteiger partial charge in [0.1, 0.15) is 10.3 Å². The number of nitrogens with zero attached hydrogens (tertiary/aromatic N) is 4. The maximum absolute atomic E-state index is 12.5. The van der Waals surface area contributed by atoms with Crippen molar-refractivity contribution in [2.45, 2.75) is 19.4 Å². The molecule has 1 aromatic carbocycles. The maximum atomic E-state index is 12.5. The molecular weight excluding hydrogens is 422 g/mol. The normalized spacial score (nSPS) is 14.2. The fraction of sp³-hybridized carbons (Fsp3) is 0.333. The van der Waals surface area contributed by atoms with E-state index < -0.39 is 0 Å². The summed E-state index contributed by atoms with van der Waals surface area (Å²) in [6, 6.07) is 11.2. The highest BCUT2D eigenvalue weighted by molar-refractivity contribution is 7.21. The van der Waals surface area contributed by atoms with Crippen LogP contribution in [0.25, 0.3) is 10.3 Å². The monoisotopic (exact) mass is 443 g/mol. The van der Waals surface area contributed by atoms with Crippen LogP contribution in [0.5, 0.6) is 0 Å². The van der Waals surface area contributed by atoms with Gasteiger partial charge in [0.2, 0.25) is 11.8 Å². The van der Waals surface area contributed by atoms with Crippen molar-refractivity contribution in [3.8, 4) is 0 Å². The van der Waals surface area contributed by atoms with Gasteiger partial charge in [-0.1, -0.05) is 41.1 Å². The van der Waals surface area contributed by atoms with Crippen LogP contribution in [0.1, 0.15) is 18.4 Å². The quantitative estimate of drug-likeness (QED) is 0.633. The summed E-state index contributed by atoms with van der Waals surface area (Å²) in [7, 11) is 0. The zero-order valence-corrected chi connectivity index (χ0v) is 18.0. The highest BCUT2D eigenvalue weighted by atomic mass is 35.5. The summed E-state index contributed by atoms with van der Waals surface area (Å²) < 4.78 is 0. The first-order chi connectivity index (χ1) is 14.6. The van der Waals surface area contributed by atoms with Crippen molar-refractivity contribution in [3.05, 3.63) is 53.2 Å². The third kappa shape index (κ3) is 4.88. The molecule has 1 aliphatic rings. The minimum Gasteiger partial charge on any atom is -0.352 e. The van der Waals surface area contributed by atoms with Crippen LogP contribution in [0.4, 0.5) is 5.13 Å². The van der Waals surface area contributed by atoms with Crippen molar-refractivity contribution < 1.29 is 9.59 Å². The smallest absolute Gasteiger partial charge is 0.223 e. The SMILES string of the molecule is O=C(CCC(=O)N1CCN(c2nc3cccnc3s2)CC1)NCc1ccccc1Cl. The van der Waals surface area contributed by atoms with Crippen molar-refractivity contribution in [3.63, 3.8) is 0 Å². The molecule has 1 saturated heterocycles. The Balaban J connectivity index is 1.21. The van der Waals surface area contributed by atoms with E-state index >= 15 is 0 Å². The van der Waals surface area contributed by atoms with Gasteiger partial charge in [0, 0.05) is 56.8 Å². The lowest BCUT2D eigenvalue weighted by Gasteiger charge is -2.34. The van der Waals surface area contributed by atoms with Gasteiger partial charge in [-0.2, -0.15) is 0 Å². The van der Waals surface area contributed by atoms with Crippen molar-refractivity contribution in [1.82, 2.24) is 20.2 Å². The molecule has 0 aliphatic carbocycles. The fourth-order valence-electron chi connectivity index (χ4n) is 3.34. The highest BCUT2D eigenvalue weighted by Crippen LogP contribution is 2.27. The largest absolute Gasteiger partial charge is 0.352 e. The molecule has 0 unspecified atom stereocenters. The molecule has 3 aromatic rings. The van der Waals surface area contributed by atoms with Gasteiger partial charge >= 0.3 is 0 Å². The molecule has 4 rings (SSSR count). The Morgan fingerprint density at radius 3 is 2.63 bits per heavy atom. The topological polar surface area (TPSA) is 78.4 Å². The minimum absolute atomic E-state index is 0.00788. The van der Waals surface area contributed by atoms with Crippen LogP contribution in [0.15, 0.2) is 42.6 Å². The second-order valence-electron chi connectivity index (χ2n) is 7.06. The summed E-state index contributed by atoms with van der Waals surface area (Å²) >= 11 is 7.66. The molecule has 9 heteroatoms. The van der Waals surface area contributed by atoms with Crippen LogP contribution in [0, 0.1) is 0 Å². The molecule has 3 heterocycles. The van der Waals surface area contributed by atoms with E-state index in [0.717, 1.165) is 34.1 Å². The lowest BCUT2D eigenvalue weighted by Crippen LogP contribution is -2.48. The number of carbonyl (C=O) groups is 2. The predicted molar refractivity (Wildman–Crippen MR) is 119 cm³/mol. The molecule has 7 nitrogen and oxygen atoms in total. The number of carbonyl (C=O) groups excluding carboxylic acids is 2. The molecule has 0 atom stereocenters. The van der Waals surface area contributed by atoms with Gasteiger partial charge < -0.3 is 15.1 Å². The number of hydrogen-bond acceptors (Lipinski definition) is 6. The zero-order chi connectivity index (χ0) is 20.9. The first-order valence-corrected chi connectivity index (χ1v) is 11.0. The van der Waals surface area contributed by atoms with Gasteiger partial charge in [0.05, 0.1) is 0 Å². The summed E-state index contributed by atoms with van der Waals surface area (Å²) in [4.78, 5) is 38.5. The van der Waals surface area contributed by atoms with Crippen LogP contribution in [0.2, 0.25) is 5.02 Å². The molecule has 156 valence electrons. The number of anilines is 1. The summed E-state index contributed by atoms with van der Waals surface area (Å²) in [6.45, 7) is 3.07. The van der Waals surface area contributed by atoms with Crippen LogP contribution < -0.4 is 10.2 Å². The van der Waals surface area contributed by atoms with Crippen molar-refractivity contribution >= 4 is 50.2 Å². The Morgan fingerprint density at radius 1 is 1.07 bits per heavy atom. The number of fused-ring (bicyclic) bond motifs is 1. The van der Waals surface area contributed by atoms with Crippen molar-refractivity contribution in [2.75, 3.05) is 31.1 Å². The average Bonchev–Trinajstić information content (AvgIpc) is 3.21. The summed E-state index contributed by atoms with van der Waals surface area (Å²) in [5, 5.41) is 4.38. The maximum Gasteiger partial charge on any atom is 0.223 e. The third-order valence-corrected chi connectivity index (χ3v) is 6.47. The molecule has 1 N–H and O–H groups in total. The molecule has 30 heavy (non-hydrogen) atoms. The number of piperazine rings is 1. The minimum atomic E-state index is -0.149. The van der Waals surface area contributed by atoms with Crippen LogP contribution in [0.3, 0.4) is 0 Å². The van der Waals surface area contributed by atoms with E-state index in [1.165, 1.54) is 0 Å². The lowest BCUT2D eigenvalue weighted by atomic mass is 10.2. The highest BCUT2D eigenvalue weighted by Gasteiger charge is 2.23. The molecule has 2 amide bonds. The van der Waals surface area contributed by atoms with Crippen LogP contribution in [-0.4, -0.2) is 52.9 Å². The van der Waals surface area contributed by atoms with E-state index in [2.05, 4.69) is 20.2 Å². The average molecular weight is 444 g/mol. The Kier molecular flexibility index (Phi) is 6.44. The van der Waals surface area contributed by atoms with Gasteiger partial charge in [-0.05, 0) is 23.8 Å². The summed E-state index contributed by atoms with van der Waals surface area (Å²) in [5.41, 5.74) is 1.76. The Hall–Kier alpha value is -2.71. The Labute approximate surface area is 183 Å². The number of thiazole rings is 1. The van der Waals surface area contributed by atoms with Gasteiger partial charge in [-0.25, -0.2) is 9.97 Å². The van der Waals surface area contributed by atoms with Gasteiger partial charge in [0.15, 0.2) is 5.13 Å². The molecule has 0 spiro atoms. The number of hydrogen-bond donors (Lipinski definition) is 1. The molecule has 1 aliphatic heterocycles. The van der Waals surface area contributed by atoms with Crippen LogP contribution in [-0.2, 0) is 16.1 Å². The summed E-state index contributed by atoms with van der Waals surface area (Å²) in [5.74, 6) is -0.141. The number of aromatic nitrogens is 2. The van der Waals surface area contributed by atoms with E-state index in [0.29, 0.717) is 24.7 Å². The lowest BCUT2D eigenvalue weighted by molar-refractivity contribution is -0.133. The molecular formula is C21H22ClN5O2S. The first kappa shape index (κ1) is 20.6. The number of benzene rings is 1. The zero-order valence-electron chi connectivity index (χ0n) is 16.4. The van der Waals surface area contributed by atoms with Crippen molar-refractivity contribution in [1.29, 1.82) is 0 Å². The molecule has 0 saturated carbocycles. The van der Waals surface area contributed by atoms with Crippen molar-refractivity contribution in [2.24, 2.45) is 0 Å². The third-order valence-electron chi connectivity index (χ3n) is 5.06. The Bertz CT molecular complexity index is 1020. The van der Waals surface area contributed by atoms with Gasteiger partial charge in [-0.3, -0.25) is 9.59 Å². The number of pyridine rings is 1. The first-order valence-electron chi connectivity index (χ1n) is 9.84. The molecule has 0 bridgehead atoms. The van der Waals surface area contributed by atoms with E-state index in [-0.39, 0.29) is 24.7 Å². The number of halogens is 1. The molecule has 2 aromatic heterocycles. The fourth-order valence-corrected chi connectivity index (χ4v) is 4.51. The predicted octanol–water partition coefficient (Wildman–Crippen LogP) is 3.09. The van der Waals surface area contributed by atoms with E-state index in [1.54, 1.807) is 23.6 Å². The second kappa shape index (κ2) is 9.40. The standard InChI is InChI=1S/C21H22ClN5O2S/c22-16-5-2-1-4-15(16)14-24-18(28)7-8-19(29)26-10-12-27(13-11-26)21-25-17-6-3-9-23-20(17)30-21/h1-6,9H,7-8,10-14H2,(H,24,28). The molecule has 0 radical (unpaired) electrons. The van der Waals surface area contributed by atoms with E-state index in [9.17, 15) is 9.59 Å². The van der Waals surface area contributed by atoms with E-state index in [1.807, 2.05) is 35.2 Å². The molecule has 1 fully saturated rings. The van der Waals surface area contributed by atoms with E-state index in [4.69, 9.17) is 11.6 Å². The Morgan fingerprint density at radius 2 is 1.87 bits per heavy atom. The number of amides is 2. The second-order valence-corrected chi connectivity index (χ2v) is 8.42. The van der Waals surface area contributed by atoms with Gasteiger partial charge in [0.25, 0.3) is 0 Å². The van der Waals surface area contributed by atoms with Gasteiger partial charge in [-0.15, -0.1) is 0 Å². The van der Waals surface area contributed by atoms with Crippen LogP contribution >= 0.6 is 22.9 Å². The number of rotatable bonds is 6.